The second kappa shape index (κ2) is 15.7. The number of carboxylic acid groups (broad SMARTS) is 2. The quantitative estimate of drug-likeness (QED) is 0.468. The standard InChI is InChI=1S/CH2O3.Al.Mg.Zn.5H/c2-1(3)4;;;;;;;;/h(H2,2,3,4);;;;;;;;/q;;+2;;;;;2*-1. The van der Waals surface area contributed by atoms with Gasteiger partial charge in [0.05, 0.1) is 0 Å². The fourth-order valence-electron chi connectivity index (χ4n) is 0. The van der Waals surface area contributed by atoms with Crippen LogP contribution in [0.4, 0.5) is 4.79 Å². The van der Waals surface area contributed by atoms with Gasteiger partial charge in [0.15, 0.2) is 17.4 Å². The molecule has 2 N–H and O–H groups in total. The Balaban J connectivity index is -0.00000000450. The van der Waals surface area contributed by atoms with Gasteiger partial charge in [-0.1, -0.05) is 0 Å². The van der Waals surface area contributed by atoms with E-state index in [1.54, 1.807) is 0 Å². The number of hydrogen-bond donors (Lipinski definition) is 2. The Morgan fingerprint density at radius 2 is 1.43 bits per heavy atom. The van der Waals surface area contributed by atoms with Crippen LogP contribution in [0, 0.1) is 0 Å². The largest absolute Gasteiger partial charge is 2.00 e. The van der Waals surface area contributed by atoms with Crippen molar-refractivity contribution in [3.8, 4) is 0 Å². The third-order valence-corrected chi connectivity index (χ3v) is 0. The van der Waals surface area contributed by atoms with Crippen LogP contribution in [0.3, 0.4) is 0 Å². The van der Waals surface area contributed by atoms with Gasteiger partial charge in [-0.25, -0.2) is 4.79 Å². The molecule has 0 bridgehead atoms. The molecular formula is CH7AlMgO3Zn. The van der Waals surface area contributed by atoms with Crippen molar-refractivity contribution in [2.75, 3.05) is 0 Å². The summed E-state index contributed by atoms with van der Waals surface area (Å²) in [5.74, 6) is 0. The van der Waals surface area contributed by atoms with E-state index in [9.17, 15) is 0 Å². The predicted molar refractivity (Wildman–Crippen MR) is 28.6 cm³/mol. The van der Waals surface area contributed by atoms with Gasteiger partial charge in [-0.15, -0.1) is 0 Å². The molecule has 6 heteroatoms. The zero-order valence-corrected chi connectivity index (χ0v) is 7.60. The monoisotopic (exact) mass is 182 g/mol. The van der Waals surface area contributed by atoms with E-state index in [4.69, 9.17) is 15.0 Å². The summed E-state index contributed by atoms with van der Waals surface area (Å²) in [4.78, 5) is 8.56. The van der Waals surface area contributed by atoms with E-state index >= 15 is 0 Å². The molecule has 36 valence electrons. The van der Waals surface area contributed by atoms with E-state index in [0.717, 1.165) is 0 Å². The van der Waals surface area contributed by atoms with E-state index in [1.165, 1.54) is 0 Å². The van der Waals surface area contributed by atoms with Crippen LogP contribution in [0.25, 0.3) is 0 Å². The van der Waals surface area contributed by atoms with Gasteiger partial charge in [0.1, 0.15) is 0 Å². The predicted octanol–water partition coefficient (Wildman–Crippen LogP) is -1.12. The van der Waals surface area contributed by atoms with Gasteiger partial charge < -0.3 is 13.1 Å². The number of carbonyl (C=O) groups is 1. The van der Waals surface area contributed by atoms with E-state index in [2.05, 4.69) is 0 Å². The SMILES string of the molecule is O=C(O)O.[AlH3].[H-].[H-].[Mg+2].[Zn]. The van der Waals surface area contributed by atoms with Gasteiger partial charge in [0.25, 0.3) is 0 Å². The molecule has 0 amide bonds. The van der Waals surface area contributed by atoms with Crippen molar-refractivity contribution in [3.63, 3.8) is 0 Å². The summed E-state index contributed by atoms with van der Waals surface area (Å²) < 4.78 is 0. The van der Waals surface area contributed by atoms with Crippen molar-refractivity contribution < 1.29 is 37.3 Å². The van der Waals surface area contributed by atoms with Gasteiger partial charge in [0, 0.05) is 19.5 Å². The summed E-state index contributed by atoms with van der Waals surface area (Å²) >= 11 is 0. The van der Waals surface area contributed by atoms with Crippen LogP contribution in [-0.4, -0.2) is 56.8 Å². The maximum atomic E-state index is 8.56. The van der Waals surface area contributed by atoms with Crippen molar-refractivity contribution >= 4 is 46.6 Å². The summed E-state index contributed by atoms with van der Waals surface area (Å²) in [6.45, 7) is 0. The fraction of sp³-hybridized carbons (Fsp3) is 0. The van der Waals surface area contributed by atoms with Crippen LogP contribution in [0.15, 0.2) is 0 Å². The first-order valence-electron chi connectivity index (χ1n) is 0.651. The Bertz CT molecular complexity index is 44.8. The molecule has 0 saturated heterocycles. The minimum absolute atomic E-state index is 0. The summed E-state index contributed by atoms with van der Waals surface area (Å²) in [5, 5.41) is 13.9. The molecule has 0 aromatic heterocycles. The Kier molecular flexibility index (Phi) is 54.1. The molecule has 0 fully saturated rings. The van der Waals surface area contributed by atoms with Gasteiger partial charge in [-0.05, 0) is 0 Å². The Labute approximate surface area is 83.5 Å². The van der Waals surface area contributed by atoms with Crippen LogP contribution in [-0.2, 0) is 19.5 Å². The summed E-state index contributed by atoms with van der Waals surface area (Å²) in [6, 6.07) is 0. The molecule has 0 aromatic rings. The molecule has 7 heavy (non-hydrogen) atoms. The zero-order valence-electron chi connectivity index (χ0n) is 5.22. The molecule has 0 heterocycles. The smallest absolute Gasteiger partial charge is 1.00 e. The third kappa shape index (κ3) is 136. The molecule has 0 aliphatic rings. The second-order valence-corrected chi connectivity index (χ2v) is 0.283. The first-order valence-corrected chi connectivity index (χ1v) is 0.651. The molecule has 0 unspecified atom stereocenters. The van der Waals surface area contributed by atoms with E-state index in [-0.39, 0.29) is 62.7 Å². The zero-order chi connectivity index (χ0) is 3.58. The van der Waals surface area contributed by atoms with Gasteiger partial charge >= 0.3 is 29.2 Å². The summed E-state index contributed by atoms with van der Waals surface area (Å²) in [6.07, 6.45) is -1.83. The summed E-state index contributed by atoms with van der Waals surface area (Å²) in [7, 11) is 0. The minimum Gasteiger partial charge on any atom is -1.00 e. The summed E-state index contributed by atoms with van der Waals surface area (Å²) in [5.41, 5.74) is 0. The van der Waals surface area contributed by atoms with Crippen molar-refractivity contribution in [1.82, 2.24) is 0 Å². The van der Waals surface area contributed by atoms with Crippen LogP contribution < -0.4 is 0 Å². The molecule has 0 atom stereocenters. The average Bonchev–Trinajstić information content (AvgIpc) is 0.811. The maximum Gasteiger partial charge on any atom is 2.00 e. The number of hydrogen-bond acceptors (Lipinski definition) is 1. The van der Waals surface area contributed by atoms with E-state index < -0.39 is 6.16 Å². The first-order chi connectivity index (χ1) is 1.73. The van der Waals surface area contributed by atoms with Gasteiger partial charge in [-0.2, -0.15) is 0 Å². The average molecular weight is 184 g/mol. The Hall–Kier alpha value is 1.19. The fourth-order valence-corrected chi connectivity index (χ4v) is 0. The second-order valence-electron chi connectivity index (χ2n) is 0.283. The molecule has 0 spiro atoms. The van der Waals surface area contributed by atoms with E-state index in [0.29, 0.717) is 0 Å². The molecule has 0 rings (SSSR count). The van der Waals surface area contributed by atoms with E-state index in [1.807, 2.05) is 0 Å². The third-order valence-electron chi connectivity index (χ3n) is 0. The normalized spacial score (nSPS) is 3.43. The molecular weight excluding hydrogens is 177 g/mol. The van der Waals surface area contributed by atoms with Crippen LogP contribution in [0.2, 0.25) is 0 Å². The molecule has 0 aromatic carbocycles. The Morgan fingerprint density at radius 3 is 1.43 bits per heavy atom. The molecule has 3 nitrogen and oxygen atoms in total. The Morgan fingerprint density at radius 1 is 1.43 bits per heavy atom. The van der Waals surface area contributed by atoms with Crippen molar-refractivity contribution in [2.24, 2.45) is 0 Å². The van der Waals surface area contributed by atoms with Crippen molar-refractivity contribution in [3.05, 3.63) is 0 Å². The van der Waals surface area contributed by atoms with Crippen molar-refractivity contribution in [2.45, 2.75) is 0 Å². The first kappa shape index (κ1) is 24.1. The topological polar surface area (TPSA) is 57.5 Å². The minimum atomic E-state index is -1.83. The van der Waals surface area contributed by atoms with Gasteiger partial charge in [-0.3, -0.25) is 0 Å². The van der Waals surface area contributed by atoms with Crippen molar-refractivity contribution in [1.29, 1.82) is 0 Å². The molecule has 0 aliphatic carbocycles. The maximum absolute atomic E-state index is 8.56. The number of rotatable bonds is 0. The van der Waals surface area contributed by atoms with Crippen LogP contribution in [0.5, 0.6) is 0 Å². The van der Waals surface area contributed by atoms with Crippen LogP contribution in [0.1, 0.15) is 2.85 Å². The van der Waals surface area contributed by atoms with Gasteiger partial charge in [0.2, 0.25) is 0 Å². The molecule has 0 aliphatic heterocycles. The molecule has 0 saturated carbocycles. The molecule has 0 radical (unpaired) electrons. The van der Waals surface area contributed by atoms with Crippen LogP contribution >= 0.6 is 0 Å².